The van der Waals surface area contributed by atoms with Crippen LogP contribution >= 0.6 is 0 Å². The lowest BCUT2D eigenvalue weighted by molar-refractivity contribution is 0.0523. The van der Waals surface area contributed by atoms with Crippen LogP contribution in [0.15, 0.2) is 58.4 Å². The van der Waals surface area contributed by atoms with Gasteiger partial charge in [0, 0.05) is 25.4 Å². The van der Waals surface area contributed by atoms with Crippen molar-refractivity contribution in [2.24, 2.45) is 4.99 Å². The number of esters is 1. The van der Waals surface area contributed by atoms with Gasteiger partial charge >= 0.3 is 5.97 Å². The third kappa shape index (κ3) is 4.63. The molecule has 0 N–H and O–H groups in total. The minimum atomic E-state index is -0.708. The Labute approximate surface area is 206 Å². The van der Waals surface area contributed by atoms with Crippen molar-refractivity contribution in [3.8, 4) is 5.75 Å². The number of ether oxygens (including phenoxy) is 3. The van der Waals surface area contributed by atoms with Crippen molar-refractivity contribution in [3.63, 3.8) is 0 Å². The predicted molar refractivity (Wildman–Crippen MR) is 132 cm³/mol. The van der Waals surface area contributed by atoms with Crippen LogP contribution in [0.1, 0.15) is 33.2 Å². The van der Waals surface area contributed by atoms with Crippen molar-refractivity contribution in [3.05, 3.63) is 81.2 Å². The molecule has 1 amide bonds. The molecule has 10 heteroatoms. The number of aromatic nitrogens is 3. The highest BCUT2D eigenvalue weighted by Crippen LogP contribution is 2.15. The standard InChI is InChI=1S/C26H26N4O6/c1-5-36-26(33)20-15-19-22(27-21-16(2)7-6-12-30(21)25(19)32)29(13-14-34-3)23(20)28-24(31)17-8-10-18(35-4)11-9-17/h6-12,15H,5,13-14H2,1-4H3. The lowest BCUT2D eigenvalue weighted by Gasteiger charge is -2.15. The zero-order valence-corrected chi connectivity index (χ0v) is 20.5. The van der Waals surface area contributed by atoms with Crippen molar-refractivity contribution in [1.82, 2.24) is 14.0 Å². The number of fused-ring (bicyclic) bond motifs is 2. The molecule has 0 unspecified atom stereocenters. The minimum Gasteiger partial charge on any atom is -0.497 e. The summed E-state index contributed by atoms with van der Waals surface area (Å²) in [5.41, 5.74) is 1.47. The Kier molecular flexibility index (Phi) is 7.25. The summed E-state index contributed by atoms with van der Waals surface area (Å²) in [7, 11) is 3.06. The molecule has 0 aliphatic heterocycles. The van der Waals surface area contributed by atoms with Gasteiger partial charge in [-0.15, -0.1) is 0 Å². The Hall–Kier alpha value is -4.31. The maximum atomic E-state index is 13.4. The fraction of sp³-hybridized carbons (Fsp3) is 0.269. The van der Waals surface area contributed by atoms with Gasteiger partial charge in [0.05, 0.1) is 25.7 Å². The minimum absolute atomic E-state index is 0.0196. The lowest BCUT2D eigenvalue weighted by atomic mass is 10.2. The number of methoxy groups -OCH3 is 2. The van der Waals surface area contributed by atoms with E-state index in [0.29, 0.717) is 17.0 Å². The summed E-state index contributed by atoms with van der Waals surface area (Å²) in [5, 5.41) is 0.188. The molecule has 0 saturated heterocycles. The Morgan fingerprint density at radius 3 is 2.50 bits per heavy atom. The van der Waals surface area contributed by atoms with E-state index in [4.69, 9.17) is 19.2 Å². The number of aryl methyl sites for hydroxylation is 1. The fourth-order valence-corrected chi connectivity index (χ4v) is 3.86. The van der Waals surface area contributed by atoms with Crippen LogP contribution in [0.3, 0.4) is 0 Å². The molecule has 0 spiro atoms. The molecule has 3 heterocycles. The Morgan fingerprint density at radius 1 is 1.08 bits per heavy atom. The largest absolute Gasteiger partial charge is 0.497 e. The molecular weight excluding hydrogens is 464 g/mol. The van der Waals surface area contributed by atoms with Gasteiger partial charge in [-0.05, 0) is 55.8 Å². The third-order valence-corrected chi connectivity index (χ3v) is 5.66. The monoisotopic (exact) mass is 490 g/mol. The van der Waals surface area contributed by atoms with Crippen molar-refractivity contribution >= 4 is 28.6 Å². The molecule has 186 valence electrons. The molecule has 36 heavy (non-hydrogen) atoms. The Morgan fingerprint density at radius 2 is 1.83 bits per heavy atom. The van der Waals surface area contributed by atoms with E-state index < -0.39 is 11.9 Å². The first kappa shape index (κ1) is 24.8. The van der Waals surface area contributed by atoms with E-state index in [9.17, 15) is 14.4 Å². The van der Waals surface area contributed by atoms with E-state index in [1.807, 2.05) is 13.0 Å². The van der Waals surface area contributed by atoms with Crippen molar-refractivity contribution < 1.29 is 23.8 Å². The molecule has 0 bridgehead atoms. The number of carbonyl (C=O) groups excluding carboxylic acids is 2. The van der Waals surface area contributed by atoms with Crippen molar-refractivity contribution in [2.45, 2.75) is 20.4 Å². The number of amides is 1. The van der Waals surface area contributed by atoms with Gasteiger partial charge in [-0.25, -0.2) is 9.78 Å². The second-order valence-electron chi connectivity index (χ2n) is 7.93. The number of benzene rings is 1. The fourth-order valence-electron chi connectivity index (χ4n) is 3.86. The first-order valence-electron chi connectivity index (χ1n) is 11.3. The van der Waals surface area contributed by atoms with Gasteiger partial charge in [-0.2, -0.15) is 4.99 Å². The summed E-state index contributed by atoms with van der Waals surface area (Å²) < 4.78 is 18.6. The van der Waals surface area contributed by atoms with Crippen LogP contribution in [-0.2, 0) is 16.0 Å². The summed E-state index contributed by atoms with van der Waals surface area (Å²) in [4.78, 5) is 48.6. The van der Waals surface area contributed by atoms with Crippen molar-refractivity contribution in [1.29, 1.82) is 0 Å². The third-order valence-electron chi connectivity index (χ3n) is 5.66. The SMILES string of the molecule is CCOC(=O)c1cc2c(=O)n3cccc(C)c3nc2n(CCOC)c1=NC(=O)c1ccc(OC)cc1. The molecule has 0 saturated carbocycles. The van der Waals surface area contributed by atoms with E-state index in [0.717, 1.165) is 5.56 Å². The van der Waals surface area contributed by atoms with Crippen LogP contribution in [0.5, 0.6) is 5.75 Å². The molecule has 0 aliphatic rings. The quantitative estimate of drug-likeness (QED) is 0.289. The number of nitrogens with zero attached hydrogens (tertiary/aromatic N) is 4. The molecule has 0 atom stereocenters. The molecule has 3 aromatic heterocycles. The molecule has 10 nitrogen and oxygen atoms in total. The molecule has 4 aromatic rings. The molecule has 0 fully saturated rings. The normalized spacial score (nSPS) is 11.7. The highest BCUT2D eigenvalue weighted by Gasteiger charge is 2.20. The number of carbonyl (C=O) groups is 2. The van der Waals surface area contributed by atoms with Crippen LogP contribution in [-0.4, -0.2) is 53.3 Å². The van der Waals surface area contributed by atoms with Crippen LogP contribution in [0.25, 0.3) is 16.7 Å². The van der Waals surface area contributed by atoms with E-state index in [-0.39, 0.29) is 47.4 Å². The van der Waals surface area contributed by atoms with Gasteiger partial charge in [0.15, 0.2) is 5.49 Å². The van der Waals surface area contributed by atoms with Gasteiger partial charge in [0.1, 0.15) is 22.6 Å². The maximum absolute atomic E-state index is 13.4. The number of hydrogen-bond acceptors (Lipinski definition) is 7. The molecule has 1 aromatic carbocycles. The molecule has 0 aliphatic carbocycles. The topological polar surface area (TPSA) is 113 Å². The van der Waals surface area contributed by atoms with E-state index in [1.54, 1.807) is 48.0 Å². The molecule has 0 radical (unpaired) electrons. The second kappa shape index (κ2) is 10.5. The smallest absolute Gasteiger partial charge is 0.341 e. The van der Waals surface area contributed by atoms with Gasteiger partial charge < -0.3 is 18.8 Å². The van der Waals surface area contributed by atoms with Crippen LogP contribution in [0, 0.1) is 6.92 Å². The number of rotatable bonds is 7. The van der Waals surface area contributed by atoms with E-state index in [2.05, 4.69) is 4.99 Å². The van der Waals surface area contributed by atoms with E-state index in [1.165, 1.54) is 24.7 Å². The van der Waals surface area contributed by atoms with Crippen LogP contribution < -0.4 is 15.8 Å². The maximum Gasteiger partial charge on any atom is 0.341 e. The van der Waals surface area contributed by atoms with Crippen LogP contribution in [0.2, 0.25) is 0 Å². The van der Waals surface area contributed by atoms with Gasteiger partial charge in [0.2, 0.25) is 0 Å². The van der Waals surface area contributed by atoms with Crippen molar-refractivity contribution in [2.75, 3.05) is 27.4 Å². The highest BCUT2D eigenvalue weighted by molar-refractivity contribution is 5.97. The summed E-state index contributed by atoms with van der Waals surface area (Å²) >= 11 is 0. The average Bonchev–Trinajstić information content (AvgIpc) is 2.88. The zero-order valence-electron chi connectivity index (χ0n) is 20.5. The number of hydrogen-bond donors (Lipinski definition) is 0. The highest BCUT2D eigenvalue weighted by atomic mass is 16.5. The lowest BCUT2D eigenvalue weighted by Crippen LogP contribution is -2.33. The molecule has 4 rings (SSSR count). The van der Waals surface area contributed by atoms with Gasteiger partial charge in [-0.1, -0.05) is 6.07 Å². The van der Waals surface area contributed by atoms with E-state index >= 15 is 0 Å². The second-order valence-corrected chi connectivity index (χ2v) is 7.93. The summed E-state index contributed by atoms with van der Waals surface area (Å²) in [6.07, 6.45) is 1.62. The summed E-state index contributed by atoms with van der Waals surface area (Å²) in [5.74, 6) is -0.699. The predicted octanol–water partition coefficient (Wildman–Crippen LogP) is 2.53. The Bertz CT molecular complexity index is 1590. The van der Waals surface area contributed by atoms with Crippen LogP contribution in [0.4, 0.5) is 0 Å². The first-order chi connectivity index (χ1) is 17.4. The summed E-state index contributed by atoms with van der Waals surface area (Å²) in [6.45, 7) is 4.03. The average molecular weight is 491 g/mol. The van der Waals surface area contributed by atoms with Gasteiger partial charge in [-0.3, -0.25) is 14.0 Å². The molecular formula is C26H26N4O6. The number of pyridine rings is 2. The first-order valence-corrected chi connectivity index (χ1v) is 11.3. The Balaban J connectivity index is 2.09. The van der Waals surface area contributed by atoms with Gasteiger partial charge in [0.25, 0.3) is 11.5 Å². The zero-order chi connectivity index (χ0) is 25.8. The summed E-state index contributed by atoms with van der Waals surface area (Å²) in [6, 6.07) is 11.4.